The molecule has 0 bridgehead atoms. The van der Waals surface area contributed by atoms with E-state index in [-0.39, 0.29) is 16.9 Å². The lowest BCUT2D eigenvalue weighted by atomic mass is 10.0. The Morgan fingerprint density at radius 1 is 1.35 bits per heavy atom. The Morgan fingerprint density at radius 2 is 2.00 bits per heavy atom. The van der Waals surface area contributed by atoms with Gasteiger partial charge in [0.05, 0.1) is 28.7 Å². The van der Waals surface area contributed by atoms with E-state index in [1.807, 2.05) is 12.1 Å². The van der Waals surface area contributed by atoms with Gasteiger partial charge in [-0.1, -0.05) is 0 Å². The normalized spacial score (nSPS) is 12.2. The SMILES string of the molecule is CO[C@@H](C)CS(=O)(=O)Nc1ccc(C#N)c(C#N)c1C. The summed E-state index contributed by atoms with van der Waals surface area (Å²) in [5.74, 6) is -0.190. The lowest BCUT2D eigenvalue weighted by Gasteiger charge is -2.14. The standard InChI is InChI=1S/C13H15N3O3S/c1-9(19-3)8-20(17,18)16-13-5-4-11(6-14)12(7-15)10(13)2/h4-5,9,16H,8H2,1-3H3/t9-/m0/s1. The van der Waals surface area contributed by atoms with Gasteiger partial charge in [-0.2, -0.15) is 10.5 Å². The van der Waals surface area contributed by atoms with Crippen molar-refractivity contribution in [2.24, 2.45) is 0 Å². The van der Waals surface area contributed by atoms with Crippen LogP contribution in [-0.4, -0.2) is 27.4 Å². The molecule has 20 heavy (non-hydrogen) atoms. The van der Waals surface area contributed by atoms with Gasteiger partial charge in [-0.05, 0) is 31.5 Å². The minimum absolute atomic E-state index is 0.174. The van der Waals surface area contributed by atoms with Crippen molar-refractivity contribution in [2.45, 2.75) is 20.0 Å². The molecule has 0 saturated carbocycles. The van der Waals surface area contributed by atoms with E-state index in [9.17, 15) is 8.42 Å². The lowest BCUT2D eigenvalue weighted by molar-refractivity contribution is 0.136. The molecule has 0 spiro atoms. The zero-order valence-corrected chi connectivity index (χ0v) is 12.3. The summed E-state index contributed by atoms with van der Waals surface area (Å²) in [6.07, 6.45) is -0.443. The van der Waals surface area contributed by atoms with Gasteiger partial charge >= 0.3 is 0 Å². The van der Waals surface area contributed by atoms with Gasteiger partial charge in [-0.3, -0.25) is 4.72 Å². The van der Waals surface area contributed by atoms with Gasteiger partial charge in [0.25, 0.3) is 0 Å². The van der Waals surface area contributed by atoms with E-state index in [4.69, 9.17) is 15.3 Å². The molecule has 0 aliphatic heterocycles. The fraction of sp³-hybridized carbons (Fsp3) is 0.385. The van der Waals surface area contributed by atoms with E-state index in [2.05, 4.69) is 4.72 Å². The molecule has 1 N–H and O–H groups in total. The van der Waals surface area contributed by atoms with Gasteiger partial charge in [0, 0.05) is 7.11 Å². The smallest absolute Gasteiger partial charge is 0.235 e. The maximum absolute atomic E-state index is 11.9. The van der Waals surface area contributed by atoms with E-state index in [1.165, 1.54) is 19.2 Å². The van der Waals surface area contributed by atoms with Crippen LogP contribution >= 0.6 is 0 Å². The van der Waals surface area contributed by atoms with Crippen molar-refractivity contribution >= 4 is 15.7 Å². The van der Waals surface area contributed by atoms with Crippen molar-refractivity contribution in [1.82, 2.24) is 0 Å². The average molecular weight is 293 g/mol. The van der Waals surface area contributed by atoms with Crippen LogP contribution in [0.1, 0.15) is 23.6 Å². The molecule has 1 aromatic rings. The number of methoxy groups -OCH3 is 1. The highest BCUT2D eigenvalue weighted by atomic mass is 32.2. The van der Waals surface area contributed by atoms with Crippen LogP contribution in [0.3, 0.4) is 0 Å². The molecule has 6 nitrogen and oxygen atoms in total. The molecule has 0 aromatic heterocycles. The molecule has 0 amide bonds. The third kappa shape index (κ3) is 3.70. The summed E-state index contributed by atoms with van der Waals surface area (Å²) in [5.41, 5.74) is 1.12. The van der Waals surface area contributed by atoms with Crippen molar-refractivity contribution in [3.63, 3.8) is 0 Å². The van der Waals surface area contributed by atoms with Crippen molar-refractivity contribution in [2.75, 3.05) is 17.6 Å². The van der Waals surface area contributed by atoms with Crippen molar-refractivity contribution < 1.29 is 13.2 Å². The Labute approximate surface area is 118 Å². The Bertz CT molecular complexity index is 684. The van der Waals surface area contributed by atoms with Crippen LogP contribution in [0.4, 0.5) is 5.69 Å². The Hall–Kier alpha value is -2.09. The number of ether oxygens (including phenoxy) is 1. The second-order valence-corrected chi connectivity index (χ2v) is 6.08. The van der Waals surface area contributed by atoms with E-state index in [0.29, 0.717) is 11.3 Å². The molecule has 0 fully saturated rings. The Morgan fingerprint density at radius 3 is 2.50 bits per heavy atom. The van der Waals surface area contributed by atoms with E-state index >= 15 is 0 Å². The number of benzene rings is 1. The second-order valence-electron chi connectivity index (χ2n) is 4.31. The quantitative estimate of drug-likeness (QED) is 0.886. The first-order valence-electron chi connectivity index (χ1n) is 5.81. The highest BCUT2D eigenvalue weighted by Crippen LogP contribution is 2.23. The minimum Gasteiger partial charge on any atom is -0.381 e. The Balaban J connectivity index is 3.13. The molecule has 0 saturated heterocycles. The maximum atomic E-state index is 11.9. The van der Waals surface area contributed by atoms with Crippen molar-refractivity contribution in [1.29, 1.82) is 10.5 Å². The molecule has 0 aliphatic carbocycles. The van der Waals surface area contributed by atoms with Crippen LogP contribution in [0.15, 0.2) is 12.1 Å². The van der Waals surface area contributed by atoms with Gasteiger partial charge < -0.3 is 4.74 Å². The van der Waals surface area contributed by atoms with E-state index < -0.39 is 16.1 Å². The number of hydrogen-bond donors (Lipinski definition) is 1. The van der Waals surface area contributed by atoms with Crippen LogP contribution in [0.2, 0.25) is 0 Å². The fourth-order valence-corrected chi connectivity index (χ4v) is 3.04. The molecule has 1 rings (SSSR count). The van der Waals surface area contributed by atoms with Gasteiger partial charge in [-0.15, -0.1) is 0 Å². The molecule has 106 valence electrons. The lowest BCUT2D eigenvalue weighted by Crippen LogP contribution is -2.25. The molecular weight excluding hydrogens is 278 g/mol. The van der Waals surface area contributed by atoms with Crippen LogP contribution in [-0.2, 0) is 14.8 Å². The third-order valence-electron chi connectivity index (χ3n) is 2.82. The molecular formula is C13H15N3O3S. The summed E-state index contributed by atoms with van der Waals surface area (Å²) in [4.78, 5) is 0. The summed E-state index contributed by atoms with van der Waals surface area (Å²) in [6, 6.07) is 6.71. The number of anilines is 1. The predicted octanol–water partition coefficient (Wildman–Crippen LogP) is 1.51. The minimum atomic E-state index is -3.58. The number of nitrogens with one attached hydrogen (secondary N) is 1. The largest absolute Gasteiger partial charge is 0.381 e. The van der Waals surface area contributed by atoms with Gasteiger partial charge in [0.2, 0.25) is 10.0 Å². The number of nitrogens with zero attached hydrogens (tertiary/aromatic N) is 2. The molecule has 0 aliphatic rings. The first-order valence-corrected chi connectivity index (χ1v) is 7.47. The zero-order valence-electron chi connectivity index (χ0n) is 11.5. The van der Waals surface area contributed by atoms with Crippen LogP contribution < -0.4 is 4.72 Å². The molecule has 1 aromatic carbocycles. The van der Waals surface area contributed by atoms with Crippen molar-refractivity contribution in [3.8, 4) is 12.1 Å². The number of nitriles is 2. The van der Waals surface area contributed by atoms with E-state index in [0.717, 1.165) is 0 Å². The summed E-state index contributed by atoms with van der Waals surface area (Å²) >= 11 is 0. The first-order chi connectivity index (χ1) is 9.34. The number of rotatable bonds is 5. The van der Waals surface area contributed by atoms with Crippen LogP contribution in [0.25, 0.3) is 0 Å². The first kappa shape index (κ1) is 16.0. The number of sulfonamides is 1. The molecule has 7 heteroatoms. The summed E-state index contributed by atoms with van der Waals surface area (Å²) in [7, 11) is -2.15. The summed E-state index contributed by atoms with van der Waals surface area (Å²) in [6.45, 7) is 3.24. The molecule has 0 heterocycles. The maximum Gasteiger partial charge on any atom is 0.235 e. The van der Waals surface area contributed by atoms with Gasteiger partial charge in [-0.25, -0.2) is 8.42 Å². The Kier molecular flexibility index (Phi) is 5.09. The average Bonchev–Trinajstić information content (AvgIpc) is 2.39. The van der Waals surface area contributed by atoms with E-state index in [1.54, 1.807) is 13.8 Å². The highest BCUT2D eigenvalue weighted by Gasteiger charge is 2.18. The highest BCUT2D eigenvalue weighted by molar-refractivity contribution is 7.92. The van der Waals surface area contributed by atoms with Crippen molar-refractivity contribution in [3.05, 3.63) is 28.8 Å². The monoisotopic (exact) mass is 293 g/mol. The topological polar surface area (TPSA) is 103 Å². The van der Waals surface area contributed by atoms with Gasteiger partial charge in [0.15, 0.2) is 0 Å². The fourth-order valence-electron chi connectivity index (χ4n) is 1.65. The predicted molar refractivity (Wildman–Crippen MR) is 74.5 cm³/mol. The zero-order chi connectivity index (χ0) is 15.3. The summed E-state index contributed by atoms with van der Waals surface area (Å²) < 4.78 is 31.2. The second kappa shape index (κ2) is 6.38. The van der Waals surface area contributed by atoms with Crippen LogP contribution in [0.5, 0.6) is 0 Å². The molecule has 1 atom stereocenters. The van der Waals surface area contributed by atoms with Gasteiger partial charge in [0.1, 0.15) is 12.1 Å². The molecule has 0 radical (unpaired) electrons. The third-order valence-corrected chi connectivity index (χ3v) is 4.26. The van der Waals surface area contributed by atoms with Crippen LogP contribution in [0, 0.1) is 29.6 Å². The molecule has 0 unspecified atom stereocenters. The summed E-state index contributed by atoms with van der Waals surface area (Å²) in [5, 5.41) is 17.9. The number of hydrogen-bond acceptors (Lipinski definition) is 5.